The normalized spacial score (nSPS) is 10.7. The lowest BCUT2D eigenvalue weighted by Gasteiger charge is -2.00. The van der Waals surface area contributed by atoms with Crippen LogP contribution in [-0.2, 0) is 4.79 Å². The van der Waals surface area contributed by atoms with Gasteiger partial charge in [-0.05, 0) is 37.6 Å². The Balaban J connectivity index is 1.94. The molecule has 1 aromatic carbocycles. The smallest absolute Gasteiger partial charge is 0.226 e. The van der Waals surface area contributed by atoms with Crippen LogP contribution in [0.15, 0.2) is 18.2 Å². The van der Waals surface area contributed by atoms with E-state index in [1.165, 1.54) is 11.3 Å². The van der Waals surface area contributed by atoms with E-state index in [1.807, 2.05) is 18.2 Å². The Morgan fingerprint density at radius 3 is 3.00 bits per heavy atom. The molecule has 0 aliphatic carbocycles. The number of nitrogens with two attached hydrogens (primary N) is 1. The molecule has 1 amide bonds. The molecule has 0 unspecified atom stereocenters. The fraction of sp³-hybridized carbons (Fsp3) is 0.429. The van der Waals surface area contributed by atoms with Crippen LogP contribution in [0.25, 0.3) is 10.2 Å². The zero-order valence-corrected chi connectivity index (χ0v) is 12.3. The van der Waals surface area contributed by atoms with Gasteiger partial charge in [-0.15, -0.1) is 0 Å². The summed E-state index contributed by atoms with van der Waals surface area (Å²) in [6, 6.07) is 5.67. The summed E-state index contributed by atoms with van der Waals surface area (Å²) in [4.78, 5) is 16.2. The fourth-order valence-electron chi connectivity index (χ4n) is 1.87. The maximum absolute atomic E-state index is 11.8. The van der Waals surface area contributed by atoms with Crippen molar-refractivity contribution in [2.24, 2.45) is 5.73 Å². The summed E-state index contributed by atoms with van der Waals surface area (Å²) in [5.41, 5.74) is 6.29. The number of carbonyl (C=O) groups excluding carboxylic acids is 1. The molecule has 0 aliphatic rings. The lowest BCUT2D eigenvalue weighted by molar-refractivity contribution is -0.116. The van der Waals surface area contributed by atoms with Crippen LogP contribution in [-0.4, -0.2) is 24.5 Å². The third-order valence-electron chi connectivity index (χ3n) is 2.95. The van der Waals surface area contributed by atoms with Crippen LogP contribution < -0.4 is 15.8 Å². The van der Waals surface area contributed by atoms with Crippen molar-refractivity contribution in [2.75, 3.05) is 19.0 Å². The lowest BCUT2D eigenvalue weighted by Crippen LogP contribution is -2.11. The van der Waals surface area contributed by atoms with Crippen molar-refractivity contribution in [3.63, 3.8) is 0 Å². The maximum Gasteiger partial charge on any atom is 0.226 e. The van der Waals surface area contributed by atoms with Gasteiger partial charge in [0.2, 0.25) is 5.91 Å². The molecular formula is C14H19N3O2S. The molecular weight excluding hydrogens is 274 g/mol. The van der Waals surface area contributed by atoms with Crippen molar-refractivity contribution in [1.82, 2.24) is 4.98 Å². The van der Waals surface area contributed by atoms with Crippen molar-refractivity contribution < 1.29 is 9.53 Å². The molecule has 5 nitrogen and oxygen atoms in total. The van der Waals surface area contributed by atoms with E-state index in [9.17, 15) is 4.79 Å². The molecule has 2 aromatic rings. The number of nitrogens with zero attached hydrogens (tertiary/aromatic N) is 1. The molecule has 20 heavy (non-hydrogen) atoms. The Kier molecular flexibility index (Phi) is 5.31. The number of anilines is 1. The number of thiazole rings is 1. The molecule has 108 valence electrons. The van der Waals surface area contributed by atoms with Gasteiger partial charge in [0.25, 0.3) is 0 Å². The van der Waals surface area contributed by atoms with Crippen molar-refractivity contribution >= 4 is 32.6 Å². The number of benzene rings is 1. The standard InChI is InChI=1S/C14H19N3O2S/c1-19-10-6-7-11-12(9-10)20-14(16-11)17-13(18)5-3-2-4-8-15/h6-7,9H,2-5,8,15H2,1H3,(H,16,17,18). The second kappa shape index (κ2) is 7.21. The lowest BCUT2D eigenvalue weighted by atomic mass is 10.2. The first-order valence-corrected chi connectivity index (χ1v) is 7.49. The van der Waals surface area contributed by atoms with E-state index in [0.717, 1.165) is 35.2 Å². The number of carbonyl (C=O) groups is 1. The van der Waals surface area contributed by atoms with Crippen LogP contribution in [0.1, 0.15) is 25.7 Å². The van der Waals surface area contributed by atoms with Crippen LogP contribution >= 0.6 is 11.3 Å². The van der Waals surface area contributed by atoms with Crippen LogP contribution in [0.5, 0.6) is 5.75 Å². The molecule has 6 heteroatoms. The van der Waals surface area contributed by atoms with Gasteiger partial charge in [-0.1, -0.05) is 17.8 Å². The minimum Gasteiger partial charge on any atom is -0.497 e. The number of unbranched alkanes of at least 4 members (excludes halogenated alkanes) is 2. The van der Waals surface area contributed by atoms with Gasteiger partial charge in [0.15, 0.2) is 5.13 Å². The predicted molar refractivity (Wildman–Crippen MR) is 82.3 cm³/mol. The number of amides is 1. The predicted octanol–water partition coefficient (Wildman–Crippen LogP) is 2.76. The van der Waals surface area contributed by atoms with E-state index in [2.05, 4.69) is 10.3 Å². The quantitative estimate of drug-likeness (QED) is 0.770. The van der Waals surface area contributed by atoms with E-state index in [1.54, 1.807) is 7.11 Å². The summed E-state index contributed by atoms with van der Waals surface area (Å²) in [6.45, 7) is 0.682. The van der Waals surface area contributed by atoms with Gasteiger partial charge in [0.05, 0.1) is 17.3 Å². The highest BCUT2D eigenvalue weighted by Gasteiger charge is 2.08. The van der Waals surface area contributed by atoms with Crippen molar-refractivity contribution in [2.45, 2.75) is 25.7 Å². The molecule has 0 saturated heterocycles. The molecule has 0 saturated carbocycles. The van der Waals surface area contributed by atoms with Crippen LogP contribution in [0.4, 0.5) is 5.13 Å². The van der Waals surface area contributed by atoms with Gasteiger partial charge in [-0.25, -0.2) is 4.98 Å². The first-order chi connectivity index (χ1) is 9.72. The van der Waals surface area contributed by atoms with E-state index in [4.69, 9.17) is 10.5 Å². The monoisotopic (exact) mass is 293 g/mol. The van der Waals surface area contributed by atoms with E-state index < -0.39 is 0 Å². The molecule has 0 atom stereocenters. The fourth-order valence-corrected chi connectivity index (χ4v) is 2.78. The molecule has 0 bridgehead atoms. The molecule has 1 heterocycles. The SMILES string of the molecule is COc1ccc2nc(NC(=O)CCCCCN)sc2c1. The Bertz CT molecular complexity index is 583. The summed E-state index contributed by atoms with van der Waals surface area (Å²) >= 11 is 1.46. The molecule has 2 rings (SSSR count). The highest BCUT2D eigenvalue weighted by molar-refractivity contribution is 7.22. The number of nitrogens with one attached hydrogen (secondary N) is 1. The zero-order valence-electron chi connectivity index (χ0n) is 11.5. The topological polar surface area (TPSA) is 77.2 Å². The highest BCUT2D eigenvalue weighted by atomic mass is 32.1. The minimum absolute atomic E-state index is 0.00745. The summed E-state index contributed by atoms with van der Waals surface area (Å²) in [7, 11) is 1.63. The number of rotatable bonds is 7. The van der Waals surface area contributed by atoms with Crippen molar-refractivity contribution in [1.29, 1.82) is 0 Å². The minimum atomic E-state index is 0.00745. The molecule has 1 aromatic heterocycles. The molecule has 3 N–H and O–H groups in total. The second-order valence-electron chi connectivity index (χ2n) is 4.50. The van der Waals surface area contributed by atoms with Gasteiger partial charge in [-0.3, -0.25) is 4.79 Å². The Labute approximate surface area is 122 Å². The van der Waals surface area contributed by atoms with E-state index in [0.29, 0.717) is 18.1 Å². The second-order valence-corrected chi connectivity index (χ2v) is 5.53. The van der Waals surface area contributed by atoms with Crippen molar-refractivity contribution in [3.05, 3.63) is 18.2 Å². The first-order valence-electron chi connectivity index (χ1n) is 6.67. The Morgan fingerprint density at radius 1 is 1.40 bits per heavy atom. The summed E-state index contributed by atoms with van der Waals surface area (Å²) in [6.07, 6.45) is 3.33. The Morgan fingerprint density at radius 2 is 2.25 bits per heavy atom. The molecule has 0 spiro atoms. The van der Waals surface area contributed by atoms with Gasteiger partial charge in [0, 0.05) is 6.42 Å². The Hall–Kier alpha value is -1.66. The summed E-state index contributed by atoms with van der Waals surface area (Å²) < 4.78 is 6.17. The van der Waals surface area contributed by atoms with Crippen LogP contribution in [0.2, 0.25) is 0 Å². The zero-order chi connectivity index (χ0) is 14.4. The van der Waals surface area contributed by atoms with E-state index >= 15 is 0 Å². The average Bonchev–Trinajstić information content (AvgIpc) is 2.84. The number of ether oxygens (including phenoxy) is 1. The van der Waals surface area contributed by atoms with Gasteiger partial charge in [0.1, 0.15) is 5.75 Å². The molecule has 0 aliphatic heterocycles. The number of hydrogen-bond acceptors (Lipinski definition) is 5. The summed E-state index contributed by atoms with van der Waals surface area (Å²) in [5.74, 6) is 0.800. The summed E-state index contributed by atoms with van der Waals surface area (Å²) in [5, 5.41) is 3.48. The van der Waals surface area contributed by atoms with Crippen molar-refractivity contribution in [3.8, 4) is 5.75 Å². The first kappa shape index (κ1) is 14.7. The number of aromatic nitrogens is 1. The van der Waals surface area contributed by atoms with E-state index in [-0.39, 0.29) is 5.91 Å². The molecule has 0 fully saturated rings. The van der Waals surface area contributed by atoms with Crippen LogP contribution in [0.3, 0.4) is 0 Å². The number of fused-ring (bicyclic) bond motifs is 1. The molecule has 0 radical (unpaired) electrons. The number of methoxy groups -OCH3 is 1. The largest absolute Gasteiger partial charge is 0.497 e. The highest BCUT2D eigenvalue weighted by Crippen LogP contribution is 2.29. The number of hydrogen-bond donors (Lipinski definition) is 2. The van der Waals surface area contributed by atoms with Crippen LogP contribution in [0, 0.1) is 0 Å². The van der Waals surface area contributed by atoms with Gasteiger partial charge in [-0.2, -0.15) is 0 Å². The maximum atomic E-state index is 11.8. The van der Waals surface area contributed by atoms with Gasteiger partial charge < -0.3 is 15.8 Å². The third kappa shape index (κ3) is 3.91. The van der Waals surface area contributed by atoms with Gasteiger partial charge >= 0.3 is 0 Å². The average molecular weight is 293 g/mol. The third-order valence-corrected chi connectivity index (χ3v) is 3.88.